The average molecular weight is 142 g/mol. The van der Waals surface area contributed by atoms with Crippen molar-refractivity contribution in [2.24, 2.45) is 5.84 Å². The van der Waals surface area contributed by atoms with Gasteiger partial charge in [-0.1, -0.05) is 0 Å². The molecule has 0 atom stereocenters. The molecule has 5 N–H and O–H groups in total. The second-order valence-corrected chi connectivity index (χ2v) is 1.63. The first-order valence-corrected chi connectivity index (χ1v) is 2.52. The Morgan fingerprint density at radius 3 is 2.70 bits per heavy atom. The van der Waals surface area contributed by atoms with Crippen molar-refractivity contribution in [2.45, 2.75) is 0 Å². The van der Waals surface area contributed by atoms with Crippen LogP contribution in [0.2, 0.25) is 0 Å². The maximum atomic E-state index is 10.7. The number of rotatable bonds is 1. The van der Waals surface area contributed by atoms with Crippen molar-refractivity contribution in [2.75, 3.05) is 5.43 Å². The average Bonchev–Trinajstić information content (AvgIpc) is 1.88. The molecule has 0 unspecified atom stereocenters. The minimum atomic E-state index is -0.552. The molecule has 1 aromatic heterocycles. The fourth-order valence-electron chi connectivity index (χ4n) is 0.517. The molecule has 6 heteroatoms. The molecule has 1 aromatic rings. The van der Waals surface area contributed by atoms with Gasteiger partial charge in [0.15, 0.2) is 0 Å². The number of nitrogens with two attached hydrogens (primary N) is 1. The highest BCUT2D eigenvalue weighted by molar-refractivity contribution is 5.34. The number of H-pyrrole nitrogens is 2. The Kier molecular flexibility index (Phi) is 1.55. The molecule has 0 aliphatic carbocycles. The standard InChI is InChI=1S/C4H6N4O2/c5-8-2-1-6-4(10)7-3(2)9/h1,8H,5H2,(H2,6,7,9,10). The number of anilines is 1. The molecule has 0 aliphatic heterocycles. The number of nitrogen functional groups attached to an aromatic ring is 1. The van der Waals surface area contributed by atoms with Crippen molar-refractivity contribution in [3.8, 4) is 0 Å². The van der Waals surface area contributed by atoms with Gasteiger partial charge in [-0.05, 0) is 0 Å². The van der Waals surface area contributed by atoms with Gasteiger partial charge in [0.25, 0.3) is 5.56 Å². The number of hydrazine groups is 1. The first kappa shape index (κ1) is 6.56. The second kappa shape index (κ2) is 2.36. The highest BCUT2D eigenvalue weighted by Gasteiger charge is 1.93. The third kappa shape index (κ3) is 1.06. The van der Waals surface area contributed by atoms with Crippen LogP contribution < -0.4 is 22.5 Å². The molecule has 0 aliphatic rings. The van der Waals surface area contributed by atoms with E-state index in [1.54, 1.807) is 0 Å². The van der Waals surface area contributed by atoms with Gasteiger partial charge in [0, 0.05) is 6.20 Å². The van der Waals surface area contributed by atoms with E-state index in [0.717, 1.165) is 0 Å². The lowest BCUT2D eigenvalue weighted by Crippen LogP contribution is -2.26. The Bertz CT molecular complexity index is 325. The minimum Gasteiger partial charge on any atom is -0.318 e. The van der Waals surface area contributed by atoms with E-state index in [4.69, 9.17) is 5.84 Å². The maximum Gasteiger partial charge on any atom is 0.325 e. The first-order valence-electron chi connectivity index (χ1n) is 2.52. The number of nitrogens with one attached hydrogen (secondary N) is 3. The normalized spacial score (nSPS) is 9.30. The SMILES string of the molecule is NNc1c[nH]c(=O)[nH]c1=O. The van der Waals surface area contributed by atoms with E-state index in [-0.39, 0.29) is 5.69 Å². The van der Waals surface area contributed by atoms with Crippen LogP contribution in [0.5, 0.6) is 0 Å². The lowest BCUT2D eigenvalue weighted by atomic mass is 10.5. The summed E-state index contributed by atoms with van der Waals surface area (Å²) in [6.07, 6.45) is 1.20. The van der Waals surface area contributed by atoms with Crippen LogP contribution in [0.3, 0.4) is 0 Å². The zero-order valence-corrected chi connectivity index (χ0v) is 4.97. The summed E-state index contributed by atoms with van der Waals surface area (Å²) in [6.45, 7) is 0. The summed E-state index contributed by atoms with van der Waals surface area (Å²) < 4.78 is 0. The fourth-order valence-corrected chi connectivity index (χ4v) is 0.517. The van der Waals surface area contributed by atoms with E-state index < -0.39 is 11.2 Å². The third-order valence-corrected chi connectivity index (χ3v) is 0.975. The molecule has 1 rings (SSSR count). The number of hydrogen-bond donors (Lipinski definition) is 4. The summed E-state index contributed by atoms with van der Waals surface area (Å²) in [7, 11) is 0. The topological polar surface area (TPSA) is 104 Å². The molecule has 54 valence electrons. The molecule has 0 saturated carbocycles. The van der Waals surface area contributed by atoms with Crippen LogP contribution in [0.1, 0.15) is 0 Å². The zero-order valence-electron chi connectivity index (χ0n) is 4.97. The molecule has 0 bridgehead atoms. The van der Waals surface area contributed by atoms with E-state index in [1.165, 1.54) is 6.20 Å². The summed E-state index contributed by atoms with van der Waals surface area (Å²) >= 11 is 0. The molecule has 10 heavy (non-hydrogen) atoms. The van der Waals surface area contributed by atoms with Crippen LogP contribution in [0.15, 0.2) is 15.8 Å². The lowest BCUT2D eigenvalue weighted by molar-refractivity contribution is 1.03. The molecule has 0 spiro atoms. The predicted octanol–water partition coefficient (Wildman–Crippen LogP) is -1.65. The Labute approximate surface area is 55.1 Å². The molecular formula is C4H6N4O2. The smallest absolute Gasteiger partial charge is 0.318 e. The van der Waals surface area contributed by atoms with Gasteiger partial charge in [0.05, 0.1) is 0 Å². The van der Waals surface area contributed by atoms with E-state index in [0.29, 0.717) is 0 Å². The van der Waals surface area contributed by atoms with Crippen LogP contribution >= 0.6 is 0 Å². The predicted molar refractivity (Wildman–Crippen MR) is 35.5 cm³/mol. The number of hydrogen-bond acceptors (Lipinski definition) is 4. The number of aromatic nitrogens is 2. The molecular weight excluding hydrogens is 136 g/mol. The van der Waals surface area contributed by atoms with Gasteiger partial charge in [0.1, 0.15) is 5.69 Å². The molecule has 1 heterocycles. The van der Waals surface area contributed by atoms with E-state index in [9.17, 15) is 9.59 Å². The third-order valence-electron chi connectivity index (χ3n) is 0.975. The zero-order chi connectivity index (χ0) is 7.56. The van der Waals surface area contributed by atoms with E-state index in [2.05, 4.69) is 10.4 Å². The molecule has 0 radical (unpaired) electrons. The van der Waals surface area contributed by atoms with Gasteiger partial charge in [-0.25, -0.2) is 4.79 Å². The van der Waals surface area contributed by atoms with Crippen LogP contribution in [0, 0.1) is 0 Å². The van der Waals surface area contributed by atoms with Gasteiger partial charge >= 0.3 is 5.69 Å². The highest BCUT2D eigenvalue weighted by atomic mass is 16.2. The minimum absolute atomic E-state index is 0.125. The van der Waals surface area contributed by atoms with Gasteiger partial charge in [-0.3, -0.25) is 15.6 Å². The lowest BCUT2D eigenvalue weighted by Gasteiger charge is -1.93. The molecule has 0 saturated heterocycles. The second-order valence-electron chi connectivity index (χ2n) is 1.63. The van der Waals surface area contributed by atoms with Crippen molar-refractivity contribution >= 4 is 5.69 Å². The Balaban J connectivity index is 3.34. The summed E-state index contributed by atoms with van der Waals surface area (Å²) in [5, 5.41) is 0. The van der Waals surface area contributed by atoms with Crippen LogP contribution in [-0.4, -0.2) is 9.97 Å². The van der Waals surface area contributed by atoms with Crippen molar-refractivity contribution in [3.05, 3.63) is 27.0 Å². The van der Waals surface area contributed by atoms with Crippen LogP contribution in [0.25, 0.3) is 0 Å². The summed E-state index contributed by atoms with van der Waals surface area (Å²) in [6, 6.07) is 0. The van der Waals surface area contributed by atoms with E-state index >= 15 is 0 Å². The first-order chi connectivity index (χ1) is 4.74. The van der Waals surface area contributed by atoms with Crippen molar-refractivity contribution in [1.82, 2.24) is 9.97 Å². The van der Waals surface area contributed by atoms with Gasteiger partial charge < -0.3 is 10.4 Å². The summed E-state index contributed by atoms with van der Waals surface area (Å²) in [5.74, 6) is 4.91. The van der Waals surface area contributed by atoms with Gasteiger partial charge in [-0.15, -0.1) is 0 Å². The Morgan fingerprint density at radius 1 is 1.50 bits per heavy atom. The quantitative estimate of drug-likeness (QED) is 0.278. The van der Waals surface area contributed by atoms with Crippen molar-refractivity contribution in [3.63, 3.8) is 0 Å². The van der Waals surface area contributed by atoms with Crippen molar-refractivity contribution < 1.29 is 0 Å². The molecule has 0 fully saturated rings. The van der Waals surface area contributed by atoms with E-state index in [1.807, 2.05) is 4.98 Å². The monoisotopic (exact) mass is 142 g/mol. The van der Waals surface area contributed by atoms with Gasteiger partial charge in [-0.2, -0.15) is 0 Å². The molecule has 6 nitrogen and oxygen atoms in total. The van der Waals surface area contributed by atoms with Crippen LogP contribution in [-0.2, 0) is 0 Å². The van der Waals surface area contributed by atoms with Crippen LogP contribution in [0.4, 0.5) is 5.69 Å². The van der Waals surface area contributed by atoms with Crippen molar-refractivity contribution in [1.29, 1.82) is 0 Å². The summed E-state index contributed by atoms with van der Waals surface area (Å²) in [5.41, 5.74) is 1.15. The highest BCUT2D eigenvalue weighted by Crippen LogP contribution is 1.84. The maximum absolute atomic E-state index is 10.7. The molecule has 0 amide bonds. The fraction of sp³-hybridized carbons (Fsp3) is 0. The molecule has 0 aromatic carbocycles. The van der Waals surface area contributed by atoms with Gasteiger partial charge in [0.2, 0.25) is 0 Å². The summed E-state index contributed by atoms with van der Waals surface area (Å²) in [4.78, 5) is 25.3. The largest absolute Gasteiger partial charge is 0.325 e. The Morgan fingerprint density at radius 2 is 2.20 bits per heavy atom. The Hall–Kier alpha value is -1.56. The number of aromatic amines is 2.